The van der Waals surface area contributed by atoms with Gasteiger partial charge in [0, 0.05) is 5.75 Å². The molecule has 3 nitrogen and oxygen atoms in total. The lowest BCUT2D eigenvalue weighted by molar-refractivity contribution is -0.119. The normalized spacial score (nSPS) is 13.1. The quantitative estimate of drug-likeness (QED) is 0.465. The molecule has 54 valence electrons. The molecular formula is C5H12N2OS. The highest BCUT2D eigenvalue weighted by molar-refractivity contribution is 7.80. The molecule has 0 saturated heterocycles. The minimum absolute atomic E-state index is 0.279. The van der Waals surface area contributed by atoms with Crippen molar-refractivity contribution in [2.75, 3.05) is 12.3 Å². The van der Waals surface area contributed by atoms with Crippen LogP contribution >= 0.6 is 12.6 Å². The molecular weight excluding hydrogens is 136 g/mol. The van der Waals surface area contributed by atoms with E-state index in [2.05, 4.69) is 17.9 Å². The zero-order valence-corrected chi connectivity index (χ0v) is 6.32. The van der Waals surface area contributed by atoms with E-state index in [0.29, 0.717) is 5.75 Å². The average molecular weight is 148 g/mol. The Kier molecular flexibility index (Phi) is 4.53. The lowest BCUT2D eigenvalue weighted by Crippen LogP contribution is -2.42. The third kappa shape index (κ3) is 3.37. The van der Waals surface area contributed by atoms with Crippen molar-refractivity contribution < 1.29 is 4.79 Å². The highest BCUT2D eigenvalue weighted by Gasteiger charge is 2.09. The second kappa shape index (κ2) is 4.64. The summed E-state index contributed by atoms with van der Waals surface area (Å²) in [5, 5.41) is 2.88. The summed E-state index contributed by atoms with van der Waals surface area (Å²) < 4.78 is 0. The molecule has 0 rings (SSSR count). The zero-order valence-electron chi connectivity index (χ0n) is 5.42. The number of nitrogens with one attached hydrogen (secondary N) is 1. The van der Waals surface area contributed by atoms with Gasteiger partial charge in [0.25, 0.3) is 0 Å². The summed E-state index contributed by atoms with van der Waals surface area (Å²) in [6.07, 6.45) is 0. The van der Waals surface area contributed by atoms with Crippen molar-refractivity contribution in [2.45, 2.75) is 13.0 Å². The maximum atomic E-state index is 10.4. The van der Waals surface area contributed by atoms with E-state index < -0.39 is 0 Å². The molecule has 0 aliphatic rings. The Morgan fingerprint density at radius 3 is 2.56 bits per heavy atom. The number of rotatable bonds is 4. The molecule has 0 radical (unpaired) electrons. The van der Waals surface area contributed by atoms with Crippen molar-refractivity contribution in [3.63, 3.8) is 0 Å². The van der Waals surface area contributed by atoms with E-state index in [-0.39, 0.29) is 11.9 Å². The Morgan fingerprint density at radius 1 is 1.89 bits per heavy atom. The minimum atomic E-state index is -0.341. The Bertz CT molecular complexity index is 97.0. The third-order valence-electron chi connectivity index (χ3n) is 0.977. The van der Waals surface area contributed by atoms with Crippen LogP contribution in [0, 0.1) is 0 Å². The van der Waals surface area contributed by atoms with Crippen LogP contribution in [0.25, 0.3) is 0 Å². The molecule has 0 saturated carbocycles. The predicted molar refractivity (Wildman–Crippen MR) is 40.5 cm³/mol. The van der Waals surface area contributed by atoms with Gasteiger partial charge in [-0.15, -0.1) is 0 Å². The summed E-state index contributed by atoms with van der Waals surface area (Å²) >= 11 is 3.93. The molecule has 1 atom stereocenters. The maximum Gasteiger partial charge on any atom is 0.235 e. The van der Waals surface area contributed by atoms with E-state index in [1.54, 1.807) is 0 Å². The van der Waals surface area contributed by atoms with E-state index in [1.807, 2.05) is 6.92 Å². The summed E-state index contributed by atoms with van der Waals surface area (Å²) in [4.78, 5) is 10.4. The Hall–Kier alpha value is -0.220. The van der Waals surface area contributed by atoms with Gasteiger partial charge >= 0.3 is 0 Å². The van der Waals surface area contributed by atoms with Crippen LogP contribution in [0.15, 0.2) is 0 Å². The molecule has 4 heteroatoms. The van der Waals surface area contributed by atoms with Crippen molar-refractivity contribution >= 4 is 18.5 Å². The zero-order chi connectivity index (χ0) is 7.28. The molecule has 0 aromatic carbocycles. The van der Waals surface area contributed by atoms with Gasteiger partial charge < -0.3 is 11.1 Å². The second-order valence-electron chi connectivity index (χ2n) is 1.70. The molecule has 0 aliphatic carbocycles. The van der Waals surface area contributed by atoms with E-state index in [9.17, 15) is 4.79 Å². The highest BCUT2D eigenvalue weighted by atomic mass is 32.1. The van der Waals surface area contributed by atoms with Gasteiger partial charge in [0.1, 0.15) is 0 Å². The summed E-state index contributed by atoms with van der Waals surface area (Å²) in [6, 6.07) is -0.279. The number of carbonyl (C=O) groups excluding carboxylic acids is 1. The van der Waals surface area contributed by atoms with Crippen LogP contribution in [-0.2, 0) is 4.79 Å². The molecule has 0 aromatic heterocycles. The van der Waals surface area contributed by atoms with E-state index >= 15 is 0 Å². The SMILES string of the molecule is CCN[C@H](CS)C(N)=O. The fourth-order valence-electron chi connectivity index (χ4n) is 0.502. The summed E-state index contributed by atoms with van der Waals surface area (Å²) in [7, 11) is 0. The molecule has 1 amide bonds. The first-order chi connectivity index (χ1) is 4.22. The van der Waals surface area contributed by atoms with Crippen molar-refractivity contribution in [2.24, 2.45) is 5.73 Å². The van der Waals surface area contributed by atoms with E-state index in [4.69, 9.17) is 5.73 Å². The van der Waals surface area contributed by atoms with Crippen LogP contribution in [0.1, 0.15) is 6.92 Å². The van der Waals surface area contributed by atoms with Crippen LogP contribution in [0.4, 0.5) is 0 Å². The number of thiol groups is 1. The van der Waals surface area contributed by atoms with Gasteiger partial charge in [-0.1, -0.05) is 6.92 Å². The second-order valence-corrected chi connectivity index (χ2v) is 2.06. The van der Waals surface area contributed by atoms with Crippen LogP contribution in [0.3, 0.4) is 0 Å². The highest BCUT2D eigenvalue weighted by Crippen LogP contribution is 1.84. The van der Waals surface area contributed by atoms with Crippen molar-refractivity contribution in [1.82, 2.24) is 5.32 Å². The molecule has 9 heavy (non-hydrogen) atoms. The monoisotopic (exact) mass is 148 g/mol. The van der Waals surface area contributed by atoms with Gasteiger partial charge in [0.05, 0.1) is 6.04 Å². The van der Waals surface area contributed by atoms with Gasteiger partial charge in [-0.05, 0) is 6.54 Å². The predicted octanol–water partition coefficient (Wildman–Crippen LogP) is -0.620. The molecule has 0 fully saturated rings. The van der Waals surface area contributed by atoms with Crippen molar-refractivity contribution in [1.29, 1.82) is 0 Å². The number of primary amides is 1. The third-order valence-corrected chi connectivity index (χ3v) is 1.34. The first-order valence-corrected chi connectivity index (χ1v) is 3.49. The number of hydrogen-bond acceptors (Lipinski definition) is 3. The van der Waals surface area contributed by atoms with Gasteiger partial charge in [0.15, 0.2) is 0 Å². The fraction of sp³-hybridized carbons (Fsp3) is 0.800. The lowest BCUT2D eigenvalue weighted by Gasteiger charge is -2.09. The molecule has 0 bridgehead atoms. The van der Waals surface area contributed by atoms with Crippen molar-refractivity contribution in [3.8, 4) is 0 Å². The van der Waals surface area contributed by atoms with Gasteiger partial charge in [-0.2, -0.15) is 12.6 Å². The Balaban J connectivity index is 3.54. The van der Waals surface area contributed by atoms with Gasteiger partial charge in [-0.25, -0.2) is 0 Å². The van der Waals surface area contributed by atoms with Crippen LogP contribution in [0.5, 0.6) is 0 Å². The van der Waals surface area contributed by atoms with Crippen LogP contribution in [-0.4, -0.2) is 24.2 Å². The molecule has 3 N–H and O–H groups in total. The summed E-state index contributed by atoms with van der Waals surface area (Å²) in [5.74, 6) is 0.121. The van der Waals surface area contributed by atoms with Crippen molar-refractivity contribution in [3.05, 3.63) is 0 Å². The Morgan fingerprint density at radius 2 is 2.44 bits per heavy atom. The maximum absolute atomic E-state index is 10.4. The average Bonchev–Trinajstić information content (AvgIpc) is 1.82. The largest absolute Gasteiger partial charge is 0.368 e. The number of hydrogen-bond donors (Lipinski definition) is 3. The van der Waals surface area contributed by atoms with E-state index in [1.165, 1.54) is 0 Å². The summed E-state index contributed by atoms with van der Waals surface area (Å²) in [5.41, 5.74) is 4.98. The van der Waals surface area contributed by atoms with Crippen LogP contribution in [0.2, 0.25) is 0 Å². The van der Waals surface area contributed by atoms with E-state index in [0.717, 1.165) is 6.54 Å². The minimum Gasteiger partial charge on any atom is -0.368 e. The molecule has 0 unspecified atom stereocenters. The number of likely N-dealkylation sites (N-methyl/N-ethyl adjacent to an activating group) is 1. The molecule has 0 aliphatic heterocycles. The number of nitrogens with two attached hydrogens (primary N) is 1. The number of amides is 1. The molecule has 0 spiro atoms. The van der Waals surface area contributed by atoms with Gasteiger partial charge in [0.2, 0.25) is 5.91 Å². The first kappa shape index (κ1) is 8.78. The smallest absolute Gasteiger partial charge is 0.235 e. The number of carbonyl (C=O) groups is 1. The molecule has 0 aromatic rings. The Labute approximate surface area is 60.4 Å². The standard InChI is InChI=1S/C5H12N2OS/c1-2-7-4(3-9)5(6)8/h4,7,9H,2-3H2,1H3,(H2,6,8)/t4-/m1/s1. The fourth-order valence-corrected chi connectivity index (χ4v) is 0.811. The summed E-state index contributed by atoms with van der Waals surface area (Å²) in [6.45, 7) is 2.66. The topological polar surface area (TPSA) is 55.1 Å². The molecule has 0 heterocycles. The van der Waals surface area contributed by atoms with Gasteiger partial charge in [-0.3, -0.25) is 4.79 Å². The lowest BCUT2D eigenvalue weighted by atomic mass is 10.3. The first-order valence-electron chi connectivity index (χ1n) is 2.86. The van der Waals surface area contributed by atoms with Crippen LogP contribution < -0.4 is 11.1 Å².